The molecule has 3 aromatic rings. The lowest BCUT2D eigenvalue weighted by molar-refractivity contribution is -0.145. The number of nitrogens with zero attached hydrogens (tertiary/aromatic N) is 2. The Morgan fingerprint density at radius 2 is 1.75 bits per heavy atom. The van der Waals surface area contributed by atoms with Crippen molar-refractivity contribution in [3.63, 3.8) is 0 Å². The number of carbonyl (C=O) groups is 2. The molecule has 0 radical (unpaired) electrons. The highest BCUT2D eigenvalue weighted by Gasteiger charge is 2.15. The van der Waals surface area contributed by atoms with Crippen molar-refractivity contribution in [1.29, 1.82) is 0 Å². The summed E-state index contributed by atoms with van der Waals surface area (Å²) < 4.78 is 37.4. The number of hydrogen-bond acceptors (Lipinski definition) is 8. The molecule has 10 nitrogen and oxygen atoms in total. The minimum atomic E-state index is -3.82. The third-order valence-electron chi connectivity index (χ3n) is 4.02. The first-order chi connectivity index (χ1) is 15.2. The summed E-state index contributed by atoms with van der Waals surface area (Å²) in [4.78, 5) is 22.9. The molecule has 0 fully saturated rings. The lowest BCUT2D eigenvalue weighted by atomic mass is 10.2. The van der Waals surface area contributed by atoms with Crippen LogP contribution in [-0.2, 0) is 31.0 Å². The van der Waals surface area contributed by atoms with Crippen LogP contribution in [0.1, 0.15) is 19.2 Å². The molecule has 1 amide bonds. The Hall–Kier alpha value is -3.28. The van der Waals surface area contributed by atoms with Crippen LogP contribution in [0.2, 0.25) is 5.02 Å². The van der Waals surface area contributed by atoms with Crippen molar-refractivity contribution >= 4 is 39.2 Å². The zero-order chi connectivity index (χ0) is 23.1. The van der Waals surface area contributed by atoms with Crippen LogP contribution in [0.25, 0.3) is 11.5 Å². The fraction of sp³-hybridized carbons (Fsp3) is 0.200. The quantitative estimate of drug-likeness (QED) is 0.447. The van der Waals surface area contributed by atoms with E-state index >= 15 is 0 Å². The average Bonchev–Trinajstić information content (AvgIpc) is 3.22. The first-order valence-corrected chi connectivity index (χ1v) is 11.2. The zero-order valence-electron chi connectivity index (χ0n) is 16.9. The van der Waals surface area contributed by atoms with E-state index in [1.807, 2.05) is 0 Å². The summed E-state index contributed by atoms with van der Waals surface area (Å²) in [5.41, 5.74) is 1.14. The van der Waals surface area contributed by atoms with Crippen molar-refractivity contribution in [1.82, 2.24) is 14.9 Å². The molecule has 1 heterocycles. The number of hydrogen-bond donors (Lipinski definition) is 2. The predicted octanol–water partition coefficient (Wildman–Crippen LogP) is 2.76. The van der Waals surface area contributed by atoms with Crippen molar-refractivity contribution in [2.24, 2.45) is 0 Å². The molecule has 0 saturated carbocycles. The highest BCUT2D eigenvalue weighted by Crippen LogP contribution is 2.20. The number of esters is 1. The van der Waals surface area contributed by atoms with Crippen molar-refractivity contribution in [2.45, 2.75) is 24.8 Å². The van der Waals surface area contributed by atoms with E-state index in [0.29, 0.717) is 16.3 Å². The van der Waals surface area contributed by atoms with Gasteiger partial charge in [0.05, 0.1) is 11.3 Å². The number of rotatable bonds is 9. The molecule has 0 aliphatic rings. The number of ether oxygens (including phenoxy) is 1. The largest absolute Gasteiger partial charge is 0.456 e. The van der Waals surface area contributed by atoms with Crippen LogP contribution in [0.5, 0.6) is 0 Å². The zero-order valence-corrected chi connectivity index (χ0v) is 18.4. The molecule has 2 aromatic carbocycles. The molecule has 12 heteroatoms. The van der Waals surface area contributed by atoms with Crippen molar-refractivity contribution in [2.75, 3.05) is 11.9 Å². The third-order valence-corrected chi connectivity index (χ3v) is 5.75. The molecular formula is C20H19ClN4O6S. The summed E-state index contributed by atoms with van der Waals surface area (Å²) in [6.07, 6.45) is -0.193. The van der Waals surface area contributed by atoms with E-state index < -0.39 is 16.0 Å². The Kier molecular flexibility index (Phi) is 7.57. The number of carbonyl (C=O) groups excluding carboxylic acids is 2. The predicted molar refractivity (Wildman–Crippen MR) is 115 cm³/mol. The number of sulfonamides is 1. The monoisotopic (exact) mass is 478 g/mol. The molecule has 3 rings (SSSR count). The highest BCUT2D eigenvalue weighted by molar-refractivity contribution is 7.89. The second kappa shape index (κ2) is 10.4. The SMILES string of the molecule is CC(=O)Nc1ccc(S(=O)(=O)NCCC(=O)OCc2nnc(-c3ccc(Cl)cc3)o2)cc1. The highest BCUT2D eigenvalue weighted by atomic mass is 35.5. The van der Waals surface area contributed by atoms with Crippen LogP contribution in [0.15, 0.2) is 57.8 Å². The molecular weight excluding hydrogens is 460 g/mol. The molecule has 0 aliphatic carbocycles. The normalized spacial score (nSPS) is 11.2. The van der Waals surface area contributed by atoms with E-state index in [9.17, 15) is 18.0 Å². The van der Waals surface area contributed by atoms with Crippen molar-refractivity contribution in [3.05, 3.63) is 59.4 Å². The van der Waals surface area contributed by atoms with Crippen LogP contribution >= 0.6 is 11.6 Å². The van der Waals surface area contributed by atoms with Crippen LogP contribution in [0.4, 0.5) is 5.69 Å². The van der Waals surface area contributed by atoms with Gasteiger partial charge < -0.3 is 14.5 Å². The smallest absolute Gasteiger partial charge is 0.307 e. The first kappa shape index (κ1) is 23.4. The first-order valence-electron chi connectivity index (χ1n) is 9.34. The lowest BCUT2D eigenvalue weighted by Crippen LogP contribution is -2.26. The van der Waals surface area contributed by atoms with Crippen LogP contribution in [0, 0.1) is 0 Å². The van der Waals surface area contributed by atoms with Gasteiger partial charge in [0.15, 0.2) is 6.61 Å². The third kappa shape index (κ3) is 6.61. The van der Waals surface area contributed by atoms with E-state index in [2.05, 4.69) is 20.2 Å². The number of nitrogens with one attached hydrogen (secondary N) is 2. The van der Waals surface area contributed by atoms with E-state index in [4.69, 9.17) is 20.8 Å². The minimum Gasteiger partial charge on any atom is -0.456 e. The van der Waals surface area contributed by atoms with Crippen LogP contribution in [0.3, 0.4) is 0 Å². The molecule has 2 N–H and O–H groups in total. The van der Waals surface area contributed by atoms with Crippen molar-refractivity contribution in [3.8, 4) is 11.5 Å². The van der Waals surface area contributed by atoms with Gasteiger partial charge in [-0.3, -0.25) is 9.59 Å². The Morgan fingerprint density at radius 3 is 2.41 bits per heavy atom. The maximum Gasteiger partial charge on any atom is 0.307 e. The average molecular weight is 479 g/mol. The number of anilines is 1. The van der Waals surface area contributed by atoms with E-state index in [1.165, 1.54) is 31.2 Å². The number of aromatic nitrogens is 2. The Bertz CT molecular complexity index is 1190. The van der Waals surface area contributed by atoms with Gasteiger partial charge in [-0.05, 0) is 48.5 Å². The van der Waals surface area contributed by atoms with Gasteiger partial charge in [0.1, 0.15) is 0 Å². The second-order valence-corrected chi connectivity index (χ2v) is 8.73. The molecule has 0 aliphatic heterocycles. The molecule has 0 spiro atoms. The molecule has 168 valence electrons. The lowest BCUT2D eigenvalue weighted by Gasteiger charge is -2.08. The van der Waals surface area contributed by atoms with Gasteiger partial charge in [-0.2, -0.15) is 0 Å². The van der Waals surface area contributed by atoms with E-state index in [0.717, 1.165) is 0 Å². The van der Waals surface area contributed by atoms with E-state index in [-0.39, 0.29) is 42.2 Å². The van der Waals surface area contributed by atoms with Gasteiger partial charge in [0.2, 0.25) is 21.8 Å². The van der Waals surface area contributed by atoms with Crippen LogP contribution in [-0.4, -0.2) is 37.0 Å². The van der Waals surface area contributed by atoms with Gasteiger partial charge in [0, 0.05) is 29.7 Å². The summed E-state index contributed by atoms with van der Waals surface area (Å²) in [6, 6.07) is 12.4. The van der Waals surface area contributed by atoms with Gasteiger partial charge >= 0.3 is 5.97 Å². The Balaban J connectivity index is 1.45. The summed E-state index contributed by atoms with van der Waals surface area (Å²) in [7, 11) is -3.82. The fourth-order valence-corrected chi connectivity index (χ4v) is 3.68. The molecule has 0 bridgehead atoms. The number of benzene rings is 2. The Labute approximate surface area is 189 Å². The van der Waals surface area contributed by atoms with Crippen molar-refractivity contribution < 1.29 is 27.2 Å². The fourth-order valence-electron chi connectivity index (χ4n) is 2.53. The topological polar surface area (TPSA) is 140 Å². The molecule has 0 saturated heterocycles. The van der Waals surface area contributed by atoms with Gasteiger partial charge in [-0.25, -0.2) is 13.1 Å². The summed E-state index contributed by atoms with van der Waals surface area (Å²) in [5.74, 6) is -0.549. The maximum absolute atomic E-state index is 12.3. The molecule has 32 heavy (non-hydrogen) atoms. The summed E-state index contributed by atoms with van der Waals surface area (Å²) >= 11 is 5.84. The van der Waals surface area contributed by atoms with E-state index in [1.54, 1.807) is 24.3 Å². The summed E-state index contributed by atoms with van der Waals surface area (Å²) in [5, 5.41) is 10.8. The van der Waals surface area contributed by atoms with Gasteiger partial charge in [0.25, 0.3) is 5.89 Å². The van der Waals surface area contributed by atoms with Crippen LogP contribution < -0.4 is 10.0 Å². The number of amides is 1. The molecule has 0 atom stereocenters. The number of halogens is 1. The Morgan fingerprint density at radius 1 is 1.06 bits per heavy atom. The molecule has 0 unspecified atom stereocenters. The van der Waals surface area contributed by atoms with Gasteiger partial charge in [-0.15, -0.1) is 10.2 Å². The molecule has 1 aromatic heterocycles. The van der Waals surface area contributed by atoms with Gasteiger partial charge in [-0.1, -0.05) is 11.6 Å². The maximum atomic E-state index is 12.3. The second-order valence-electron chi connectivity index (χ2n) is 6.52. The minimum absolute atomic E-state index is 0.000517. The summed E-state index contributed by atoms with van der Waals surface area (Å²) in [6.45, 7) is 0.952. The standard InChI is InChI=1S/C20H19ClN4O6S/c1-13(26)23-16-6-8-17(9-7-16)32(28,29)22-11-10-19(27)30-12-18-24-25-20(31-18)14-2-4-15(21)5-3-14/h2-9,22H,10-12H2,1H3,(H,23,26).